The van der Waals surface area contributed by atoms with Crippen LogP contribution < -0.4 is 5.32 Å². The summed E-state index contributed by atoms with van der Waals surface area (Å²) >= 11 is 17.1. The fourth-order valence-corrected chi connectivity index (χ4v) is 8.55. The molecule has 0 heterocycles. The molecule has 0 aromatic heterocycles. The smallest absolute Gasteiger partial charge is 0.160 e. The monoisotopic (exact) mass is 854 g/mol. The molecule has 1 unspecified atom stereocenters. The number of hydrogen-bond acceptors (Lipinski definition) is 5. The number of thiocarbonyl (C=S) groups is 3. The van der Waals surface area contributed by atoms with E-state index in [0.717, 1.165) is 43.5 Å². The Morgan fingerprint density at radius 3 is 0.930 bits per heavy atom. The van der Waals surface area contributed by atoms with E-state index in [-0.39, 0.29) is 6.10 Å². The molecule has 0 radical (unpaired) electrons. The molecule has 0 rings (SSSR count). The fraction of sp³-hybridized carbons (Fsp3) is 0.941. The van der Waals surface area contributed by atoms with Crippen LogP contribution in [-0.2, 0) is 9.47 Å². The summed E-state index contributed by atoms with van der Waals surface area (Å²) in [5.74, 6) is 0. The minimum Gasteiger partial charge on any atom is -0.483 e. The van der Waals surface area contributed by atoms with Crippen LogP contribution in [-0.4, -0.2) is 34.3 Å². The average Bonchev–Trinajstić information content (AvgIpc) is 3.21. The number of rotatable bonds is 47. The van der Waals surface area contributed by atoms with Gasteiger partial charge in [-0.25, -0.2) is 0 Å². The van der Waals surface area contributed by atoms with Crippen molar-refractivity contribution in [3.8, 4) is 0 Å². The van der Waals surface area contributed by atoms with Gasteiger partial charge < -0.3 is 14.8 Å². The van der Waals surface area contributed by atoms with E-state index in [1.54, 1.807) is 0 Å². The molecule has 0 aliphatic carbocycles. The fourth-order valence-electron chi connectivity index (χ4n) is 7.83. The highest BCUT2D eigenvalue weighted by atomic mass is 32.1. The summed E-state index contributed by atoms with van der Waals surface area (Å²) in [5.41, 5.74) is 0. The van der Waals surface area contributed by atoms with Gasteiger partial charge in [0, 0.05) is 12.8 Å². The van der Waals surface area contributed by atoms with Gasteiger partial charge in [-0.15, -0.1) is 0 Å². The number of hydrogen-bond donors (Lipinski definition) is 1. The first-order valence-electron chi connectivity index (χ1n) is 25.6. The summed E-state index contributed by atoms with van der Waals surface area (Å²) in [6.45, 7) is 7.94. The summed E-state index contributed by atoms with van der Waals surface area (Å²) in [6.07, 6.45) is 55.5. The van der Waals surface area contributed by atoms with Crippen molar-refractivity contribution >= 4 is 51.7 Å². The van der Waals surface area contributed by atoms with Crippen LogP contribution in [0.25, 0.3) is 0 Å². The van der Waals surface area contributed by atoms with E-state index >= 15 is 0 Å². The third kappa shape index (κ3) is 46.6. The Labute approximate surface area is 374 Å². The topological polar surface area (TPSA) is 30.5 Å². The zero-order chi connectivity index (χ0) is 41.5. The van der Waals surface area contributed by atoms with Crippen molar-refractivity contribution in [2.75, 3.05) is 13.2 Å². The quantitative estimate of drug-likeness (QED) is 0.0485. The van der Waals surface area contributed by atoms with Gasteiger partial charge in [0.1, 0.15) is 6.61 Å². The largest absolute Gasteiger partial charge is 0.483 e. The predicted molar refractivity (Wildman–Crippen MR) is 268 cm³/mol. The second-order valence-electron chi connectivity index (χ2n) is 17.6. The normalized spacial score (nSPS) is 11.8. The average molecular weight is 855 g/mol. The standard InChI is InChI=1S/C51H99NO2S3/c1-4-7-10-13-16-19-22-25-28-31-34-37-40-43-49(55)52-46-48(54-51(57)45-42-39-36-33-30-27-24-21-18-15-12-9-6-3)47-53-50(56)44-41-38-35-32-29-26-23-20-17-14-11-8-5-2/h48H,4-47H2,1-3H3,(H,52,55). The van der Waals surface area contributed by atoms with E-state index in [1.165, 1.54) is 231 Å². The molecule has 338 valence electrons. The van der Waals surface area contributed by atoms with Crippen LogP contribution in [0.4, 0.5) is 0 Å². The van der Waals surface area contributed by atoms with Gasteiger partial charge in [-0.05, 0) is 50.1 Å². The van der Waals surface area contributed by atoms with E-state index in [4.69, 9.17) is 46.1 Å². The SMILES string of the molecule is CCCCCCCCCCCCCCCC(=S)NCC(COC(=S)CCCCCCCCCCCCCCC)OC(=S)CCCCCCCCCCCCCCC. The number of unbranched alkanes of at least 4 members (excludes halogenated alkanes) is 36. The molecular formula is C51H99NO2S3. The van der Waals surface area contributed by atoms with Crippen LogP contribution in [0.3, 0.4) is 0 Å². The second-order valence-corrected chi connectivity index (χ2v) is 19.0. The lowest BCUT2D eigenvalue weighted by Gasteiger charge is -2.21. The summed E-state index contributed by atoms with van der Waals surface area (Å²) in [5, 5.41) is 4.91. The van der Waals surface area contributed by atoms with E-state index in [2.05, 4.69) is 26.1 Å². The molecule has 0 saturated carbocycles. The number of ether oxygens (including phenoxy) is 2. The Morgan fingerprint density at radius 2 is 0.614 bits per heavy atom. The van der Waals surface area contributed by atoms with Gasteiger partial charge in [0.05, 0.1) is 11.5 Å². The van der Waals surface area contributed by atoms with Gasteiger partial charge in [0.25, 0.3) is 0 Å². The minimum atomic E-state index is -0.173. The van der Waals surface area contributed by atoms with Gasteiger partial charge in [0.2, 0.25) is 0 Å². The van der Waals surface area contributed by atoms with Gasteiger partial charge in [-0.2, -0.15) is 0 Å². The second kappa shape index (κ2) is 48.3. The molecule has 0 aliphatic rings. The van der Waals surface area contributed by atoms with Gasteiger partial charge in [-0.3, -0.25) is 0 Å². The molecule has 6 heteroatoms. The van der Waals surface area contributed by atoms with Crippen LogP contribution in [0.15, 0.2) is 0 Å². The maximum atomic E-state index is 6.33. The summed E-state index contributed by atoms with van der Waals surface area (Å²) in [4.78, 5) is 0.934. The van der Waals surface area contributed by atoms with Crippen LogP contribution in [0.1, 0.15) is 290 Å². The lowest BCUT2D eigenvalue weighted by molar-refractivity contribution is 0.116. The number of nitrogens with one attached hydrogen (secondary N) is 1. The van der Waals surface area contributed by atoms with Crippen molar-refractivity contribution < 1.29 is 9.47 Å². The molecular weight excluding hydrogens is 755 g/mol. The van der Waals surface area contributed by atoms with Gasteiger partial charge >= 0.3 is 0 Å². The molecule has 3 nitrogen and oxygen atoms in total. The first-order valence-corrected chi connectivity index (χ1v) is 26.9. The molecule has 0 spiro atoms. The highest BCUT2D eigenvalue weighted by Crippen LogP contribution is 2.17. The van der Waals surface area contributed by atoms with Crippen molar-refractivity contribution in [2.24, 2.45) is 0 Å². The van der Waals surface area contributed by atoms with E-state index in [0.29, 0.717) is 23.3 Å². The van der Waals surface area contributed by atoms with Gasteiger partial charge in [0.15, 0.2) is 16.2 Å². The third-order valence-corrected chi connectivity index (χ3v) is 12.7. The predicted octanol–water partition coefficient (Wildman–Crippen LogP) is 18.4. The van der Waals surface area contributed by atoms with Crippen molar-refractivity contribution in [3.63, 3.8) is 0 Å². The van der Waals surface area contributed by atoms with Crippen LogP contribution in [0.5, 0.6) is 0 Å². The van der Waals surface area contributed by atoms with Crippen molar-refractivity contribution in [1.82, 2.24) is 5.32 Å². The molecule has 57 heavy (non-hydrogen) atoms. The lowest BCUT2D eigenvalue weighted by Crippen LogP contribution is -2.37. The van der Waals surface area contributed by atoms with E-state index in [9.17, 15) is 0 Å². The first-order chi connectivity index (χ1) is 28.0. The molecule has 0 aromatic carbocycles. The molecule has 0 amide bonds. The molecule has 1 N–H and O–H groups in total. The van der Waals surface area contributed by atoms with Crippen molar-refractivity contribution in [3.05, 3.63) is 0 Å². The summed E-state index contributed by atoms with van der Waals surface area (Å²) in [7, 11) is 0. The minimum absolute atomic E-state index is 0.173. The molecule has 0 aromatic rings. The first kappa shape index (κ1) is 56.7. The van der Waals surface area contributed by atoms with Gasteiger partial charge in [-0.1, -0.05) is 264 Å². The Bertz CT molecular complexity index is 806. The molecule has 0 fully saturated rings. The zero-order valence-electron chi connectivity index (χ0n) is 38.7. The van der Waals surface area contributed by atoms with Crippen molar-refractivity contribution in [2.45, 2.75) is 297 Å². The highest BCUT2D eigenvalue weighted by molar-refractivity contribution is 7.80. The maximum absolute atomic E-state index is 6.33. The highest BCUT2D eigenvalue weighted by Gasteiger charge is 2.15. The summed E-state index contributed by atoms with van der Waals surface area (Å²) in [6, 6.07) is 0. The molecule has 0 aliphatic heterocycles. The zero-order valence-corrected chi connectivity index (χ0v) is 41.2. The van der Waals surface area contributed by atoms with E-state index in [1.807, 2.05) is 0 Å². The van der Waals surface area contributed by atoms with Crippen molar-refractivity contribution in [1.29, 1.82) is 0 Å². The Morgan fingerprint density at radius 1 is 0.351 bits per heavy atom. The Hall–Kier alpha value is -0.330. The lowest BCUT2D eigenvalue weighted by atomic mass is 10.0. The third-order valence-electron chi connectivity index (χ3n) is 11.7. The van der Waals surface area contributed by atoms with E-state index < -0.39 is 0 Å². The maximum Gasteiger partial charge on any atom is 0.160 e. The molecule has 0 bridgehead atoms. The molecule has 0 saturated heterocycles. The Kier molecular flexibility index (Phi) is 48.1. The van der Waals surface area contributed by atoms with Crippen LogP contribution in [0.2, 0.25) is 0 Å². The van der Waals surface area contributed by atoms with Crippen LogP contribution >= 0.6 is 36.7 Å². The summed E-state index contributed by atoms with van der Waals surface area (Å²) < 4.78 is 12.4. The molecule has 1 atom stereocenters. The Balaban J connectivity index is 4.31. The van der Waals surface area contributed by atoms with Crippen LogP contribution in [0, 0.1) is 0 Å².